The van der Waals surface area contributed by atoms with E-state index in [0.29, 0.717) is 17.5 Å². The van der Waals surface area contributed by atoms with Gasteiger partial charge in [-0.2, -0.15) is 0 Å². The lowest BCUT2D eigenvalue weighted by atomic mass is 9.90. The Bertz CT molecular complexity index is 817. The maximum Gasteiger partial charge on any atom is 0.251 e. The summed E-state index contributed by atoms with van der Waals surface area (Å²) in [6, 6.07) is 14.2. The van der Waals surface area contributed by atoms with Gasteiger partial charge in [-0.25, -0.2) is 0 Å². The smallest absolute Gasteiger partial charge is 0.251 e. The van der Waals surface area contributed by atoms with Gasteiger partial charge in [0.2, 0.25) is 0 Å². The van der Waals surface area contributed by atoms with E-state index in [2.05, 4.69) is 17.6 Å². The van der Waals surface area contributed by atoms with Crippen LogP contribution in [0, 0.1) is 0 Å². The van der Waals surface area contributed by atoms with Gasteiger partial charge >= 0.3 is 0 Å². The van der Waals surface area contributed by atoms with Crippen LogP contribution in [0.5, 0.6) is 5.75 Å². The van der Waals surface area contributed by atoms with Crippen molar-refractivity contribution in [2.75, 3.05) is 0 Å². The van der Waals surface area contributed by atoms with Crippen molar-refractivity contribution in [3.05, 3.63) is 65.2 Å². The summed E-state index contributed by atoms with van der Waals surface area (Å²) < 4.78 is 0. The molecule has 0 spiro atoms. The first-order valence-corrected chi connectivity index (χ1v) is 10.0. The minimum atomic E-state index is -0.195. The van der Waals surface area contributed by atoms with Crippen molar-refractivity contribution < 1.29 is 14.7 Å². The summed E-state index contributed by atoms with van der Waals surface area (Å²) in [4.78, 5) is 24.9. The Hall–Kier alpha value is -2.82. The molecule has 0 saturated heterocycles. The number of amides is 2. The van der Waals surface area contributed by atoms with Crippen LogP contribution in [0.3, 0.4) is 0 Å². The molecular formula is C23H28N2O3. The molecule has 5 nitrogen and oxygen atoms in total. The molecule has 2 aromatic rings. The number of nitrogens with one attached hydrogen (secondary N) is 2. The Morgan fingerprint density at radius 2 is 1.61 bits per heavy atom. The van der Waals surface area contributed by atoms with E-state index in [1.165, 1.54) is 17.7 Å². The average Bonchev–Trinajstić information content (AvgIpc) is 2.69. The van der Waals surface area contributed by atoms with E-state index in [-0.39, 0.29) is 29.6 Å². The van der Waals surface area contributed by atoms with E-state index in [1.807, 2.05) is 24.3 Å². The van der Waals surface area contributed by atoms with Crippen molar-refractivity contribution >= 4 is 11.8 Å². The Morgan fingerprint density at radius 3 is 2.21 bits per heavy atom. The van der Waals surface area contributed by atoms with Crippen LogP contribution >= 0.6 is 0 Å². The lowest BCUT2D eigenvalue weighted by Crippen LogP contribution is -2.45. The minimum Gasteiger partial charge on any atom is -0.508 e. The van der Waals surface area contributed by atoms with Crippen LogP contribution in [0.15, 0.2) is 48.5 Å². The van der Waals surface area contributed by atoms with Crippen molar-refractivity contribution in [3.8, 4) is 5.75 Å². The molecule has 0 aromatic heterocycles. The van der Waals surface area contributed by atoms with Gasteiger partial charge in [0, 0.05) is 23.2 Å². The van der Waals surface area contributed by atoms with E-state index < -0.39 is 0 Å². The van der Waals surface area contributed by atoms with Crippen molar-refractivity contribution in [1.29, 1.82) is 0 Å². The third-order valence-corrected chi connectivity index (χ3v) is 5.21. The molecule has 1 aliphatic rings. The highest BCUT2D eigenvalue weighted by molar-refractivity contribution is 5.95. The summed E-state index contributed by atoms with van der Waals surface area (Å²) >= 11 is 0. The molecule has 2 atom stereocenters. The molecule has 1 saturated carbocycles. The van der Waals surface area contributed by atoms with Gasteiger partial charge in [0.05, 0.1) is 0 Å². The topological polar surface area (TPSA) is 78.4 Å². The fourth-order valence-corrected chi connectivity index (χ4v) is 3.75. The van der Waals surface area contributed by atoms with Crippen LogP contribution in [0.4, 0.5) is 0 Å². The average molecular weight is 380 g/mol. The minimum absolute atomic E-state index is 0.0147. The van der Waals surface area contributed by atoms with E-state index in [4.69, 9.17) is 0 Å². The molecule has 2 amide bonds. The van der Waals surface area contributed by atoms with Crippen molar-refractivity contribution in [2.24, 2.45) is 0 Å². The summed E-state index contributed by atoms with van der Waals surface area (Å²) in [5, 5.41) is 15.7. The first-order valence-electron chi connectivity index (χ1n) is 10.0. The number of carbonyl (C=O) groups excluding carboxylic acids is 2. The zero-order valence-corrected chi connectivity index (χ0v) is 16.3. The number of phenolic OH excluding ortho intramolecular Hbond substituents is 1. The van der Waals surface area contributed by atoms with Crippen LogP contribution in [0.1, 0.15) is 65.3 Å². The first-order chi connectivity index (χ1) is 13.5. The molecule has 3 N–H and O–H groups in total. The first kappa shape index (κ1) is 19.9. The quantitative estimate of drug-likeness (QED) is 0.713. The number of hydrogen-bond acceptors (Lipinski definition) is 3. The zero-order chi connectivity index (χ0) is 19.9. The molecule has 0 unspecified atom stereocenters. The second kappa shape index (κ2) is 9.40. The monoisotopic (exact) mass is 380 g/mol. The Labute approximate surface area is 166 Å². The number of aryl methyl sites for hydroxylation is 1. The number of phenols is 1. The Balaban J connectivity index is 1.54. The zero-order valence-electron chi connectivity index (χ0n) is 16.3. The number of rotatable bonds is 6. The van der Waals surface area contributed by atoms with Gasteiger partial charge in [-0.15, -0.1) is 0 Å². The van der Waals surface area contributed by atoms with Crippen LogP contribution in [-0.4, -0.2) is 29.0 Å². The Morgan fingerprint density at radius 1 is 0.964 bits per heavy atom. The van der Waals surface area contributed by atoms with E-state index >= 15 is 0 Å². The lowest BCUT2D eigenvalue weighted by molar-refractivity contribution is 0.0902. The second-order valence-corrected chi connectivity index (χ2v) is 7.50. The van der Waals surface area contributed by atoms with Gasteiger partial charge in [-0.3, -0.25) is 9.59 Å². The molecule has 0 radical (unpaired) electrons. The normalized spacial score (nSPS) is 19.0. The molecule has 5 heteroatoms. The van der Waals surface area contributed by atoms with Crippen LogP contribution in [-0.2, 0) is 6.42 Å². The molecule has 0 heterocycles. The highest BCUT2D eigenvalue weighted by Gasteiger charge is 2.25. The molecule has 0 bridgehead atoms. The van der Waals surface area contributed by atoms with Crippen molar-refractivity contribution in [1.82, 2.24) is 10.6 Å². The fourth-order valence-electron chi connectivity index (χ4n) is 3.75. The van der Waals surface area contributed by atoms with E-state index in [9.17, 15) is 14.7 Å². The van der Waals surface area contributed by atoms with E-state index in [0.717, 1.165) is 32.1 Å². The van der Waals surface area contributed by atoms with Gasteiger partial charge in [-0.1, -0.05) is 31.5 Å². The largest absolute Gasteiger partial charge is 0.508 e. The third-order valence-electron chi connectivity index (χ3n) is 5.21. The highest BCUT2D eigenvalue weighted by Crippen LogP contribution is 2.20. The Kier molecular flexibility index (Phi) is 6.69. The summed E-state index contributed by atoms with van der Waals surface area (Å²) in [6.07, 6.45) is 5.57. The van der Waals surface area contributed by atoms with Gasteiger partial charge in [0.15, 0.2) is 0 Å². The molecule has 28 heavy (non-hydrogen) atoms. The maximum atomic E-state index is 12.5. The summed E-state index contributed by atoms with van der Waals surface area (Å²) in [7, 11) is 0. The molecular weight excluding hydrogens is 352 g/mol. The lowest BCUT2D eigenvalue weighted by Gasteiger charge is -2.30. The number of aromatic hydroxyl groups is 1. The van der Waals surface area contributed by atoms with E-state index in [1.54, 1.807) is 12.1 Å². The highest BCUT2D eigenvalue weighted by atomic mass is 16.3. The second-order valence-electron chi connectivity index (χ2n) is 7.50. The summed E-state index contributed by atoms with van der Waals surface area (Å²) in [5.41, 5.74) is 2.36. The number of hydrogen-bond donors (Lipinski definition) is 3. The van der Waals surface area contributed by atoms with Gasteiger partial charge in [-0.05, 0) is 68.0 Å². The molecule has 1 fully saturated rings. The maximum absolute atomic E-state index is 12.5. The van der Waals surface area contributed by atoms with Crippen LogP contribution < -0.4 is 10.6 Å². The predicted octanol–water partition coefficient (Wildman–Crippen LogP) is 3.82. The van der Waals surface area contributed by atoms with Crippen molar-refractivity contribution in [2.45, 2.75) is 57.5 Å². The SMILES string of the molecule is CCCc1ccc(C(=O)N[C@@H]2CCC[C@H](NC(=O)c3cccc(O)c3)C2)cc1. The van der Waals surface area contributed by atoms with Crippen molar-refractivity contribution in [3.63, 3.8) is 0 Å². The number of carbonyl (C=O) groups is 2. The van der Waals surface area contributed by atoms with Gasteiger partial charge < -0.3 is 15.7 Å². The number of benzene rings is 2. The third kappa shape index (κ3) is 5.35. The standard InChI is InChI=1S/C23H28N2O3/c1-2-5-16-10-12-17(13-11-16)22(27)24-19-7-4-8-20(15-19)25-23(28)18-6-3-9-21(26)14-18/h3,6,9-14,19-20,26H,2,4-5,7-8,15H2,1H3,(H,24,27)(H,25,28)/t19-,20+/m1/s1. The van der Waals surface area contributed by atoms with Crippen LogP contribution in [0.2, 0.25) is 0 Å². The molecule has 1 aliphatic carbocycles. The van der Waals surface area contributed by atoms with Gasteiger partial charge in [0.25, 0.3) is 11.8 Å². The van der Waals surface area contributed by atoms with Crippen LogP contribution in [0.25, 0.3) is 0 Å². The molecule has 148 valence electrons. The summed E-state index contributed by atoms with van der Waals surface area (Å²) in [6.45, 7) is 2.14. The molecule has 0 aliphatic heterocycles. The summed E-state index contributed by atoms with van der Waals surface area (Å²) in [5.74, 6) is -0.182. The molecule has 2 aromatic carbocycles. The van der Waals surface area contributed by atoms with Gasteiger partial charge in [0.1, 0.15) is 5.75 Å². The predicted molar refractivity (Wildman–Crippen MR) is 110 cm³/mol. The molecule has 3 rings (SSSR count). The fraction of sp³-hybridized carbons (Fsp3) is 0.391.